The predicted molar refractivity (Wildman–Crippen MR) is 215 cm³/mol. The number of nitrogens with zero attached hydrogens (tertiary/aromatic N) is 1. The standard InChI is InChI=1S/C42H84NO7P/c1-6-8-10-12-14-16-17-18-19-20-21-22-23-24-25-26-27-28-29-31-33-35-42(44)50-41(39-47-37-34-32-30-15-13-11-9-7-2)40-49-51(45,46)48-38-36-43(3,4)5/h20-21,41H,6-19,22-40H2,1-5H3/p+1/b21-20-. The SMILES string of the molecule is CCCCCCCCCC/C=C\CCCCCCCCCCCC(=O)OC(COCCCCCCCCCC)COP(=O)(O)OCC[N+](C)(C)C. The summed E-state index contributed by atoms with van der Waals surface area (Å²) in [5.41, 5.74) is 0. The molecular weight excluding hydrogens is 661 g/mol. The fourth-order valence-corrected chi connectivity index (χ4v) is 6.70. The van der Waals surface area contributed by atoms with Gasteiger partial charge in [-0.3, -0.25) is 13.8 Å². The number of rotatable bonds is 40. The van der Waals surface area contributed by atoms with Gasteiger partial charge in [0.25, 0.3) is 0 Å². The smallest absolute Gasteiger partial charge is 0.457 e. The van der Waals surface area contributed by atoms with Crippen molar-refractivity contribution in [2.45, 2.75) is 200 Å². The van der Waals surface area contributed by atoms with E-state index >= 15 is 0 Å². The van der Waals surface area contributed by atoms with Crippen molar-refractivity contribution >= 4 is 13.8 Å². The number of ether oxygens (including phenoxy) is 2. The number of unbranched alkanes of at least 4 members (excludes halogenated alkanes) is 24. The average molecular weight is 747 g/mol. The van der Waals surface area contributed by atoms with Crippen LogP contribution < -0.4 is 0 Å². The van der Waals surface area contributed by atoms with E-state index in [1.807, 2.05) is 21.1 Å². The third-order valence-corrected chi connectivity index (χ3v) is 10.3. The molecule has 0 radical (unpaired) electrons. The Labute approximate surface area is 316 Å². The monoisotopic (exact) mass is 747 g/mol. The minimum Gasteiger partial charge on any atom is -0.457 e. The molecule has 0 rings (SSSR count). The summed E-state index contributed by atoms with van der Waals surface area (Å²) >= 11 is 0. The van der Waals surface area contributed by atoms with Gasteiger partial charge in [0.1, 0.15) is 19.3 Å². The van der Waals surface area contributed by atoms with Crippen molar-refractivity contribution in [1.29, 1.82) is 0 Å². The largest absolute Gasteiger partial charge is 0.472 e. The first-order valence-electron chi connectivity index (χ1n) is 21.4. The minimum atomic E-state index is -4.26. The van der Waals surface area contributed by atoms with Crippen molar-refractivity contribution in [3.8, 4) is 0 Å². The maximum Gasteiger partial charge on any atom is 0.472 e. The maximum atomic E-state index is 12.6. The molecule has 0 aromatic carbocycles. The second-order valence-electron chi connectivity index (χ2n) is 15.7. The molecule has 0 aliphatic rings. The van der Waals surface area contributed by atoms with E-state index < -0.39 is 13.9 Å². The normalized spacial score (nSPS) is 13.9. The van der Waals surface area contributed by atoms with Gasteiger partial charge in [-0.25, -0.2) is 4.57 Å². The summed E-state index contributed by atoms with van der Waals surface area (Å²) in [5.74, 6) is -0.315. The molecule has 0 aromatic heterocycles. The second kappa shape index (κ2) is 36.2. The fourth-order valence-electron chi connectivity index (χ4n) is 5.96. The van der Waals surface area contributed by atoms with Gasteiger partial charge in [-0.15, -0.1) is 0 Å². The van der Waals surface area contributed by atoms with E-state index in [0.29, 0.717) is 24.1 Å². The van der Waals surface area contributed by atoms with Crippen LogP contribution in [-0.2, 0) is 27.9 Å². The van der Waals surface area contributed by atoms with Gasteiger partial charge in [-0.2, -0.15) is 0 Å². The number of hydrogen-bond acceptors (Lipinski definition) is 6. The number of allylic oxidation sites excluding steroid dienone is 2. The molecule has 0 saturated heterocycles. The number of quaternary nitrogens is 1. The van der Waals surface area contributed by atoms with Gasteiger partial charge in [0.05, 0.1) is 34.4 Å². The number of likely N-dealkylation sites (N-methyl/N-ethyl adjacent to an activating group) is 1. The molecule has 0 saturated carbocycles. The zero-order chi connectivity index (χ0) is 37.7. The van der Waals surface area contributed by atoms with Crippen molar-refractivity contribution < 1.29 is 37.3 Å². The van der Waals surface area contributed by atoms with Crippen LogP contribution in [0.3, 0.4) is 0 Å². The summed E-state index contributed by atoms with van der Waals surface area (Å²) < 4.78 is 34.8. The highest BCUT2D eigenvalue weighted by Gasteiger charge is 2.26. The first kappa shape index (κ1) is 50.2. The predicted octanol–water partition coefficient (Wildman–Crippen LogP) is 12.3. The van der Waals surface area contributed by atoms with E-state index in [-0.39, 0.29) is 25.8 Å². The lowest BCUT2D eigenvalue weighted by Gasteiger charge is -2.24. The minimum absolute atomic E-state index is 0.0910. The number of hydrogen-bond donors (Lipinski definition) is 1. The van der Waals surface area contributed by atoms with Crippen LogP contribution in [0.4, 0.5) is 0 Å². The molecule has 304 valence electrons. The molecule has 0 heterocycles. The Morgan fingerprint density at radius 2 is 1.02 bits per heavy atom. The Balaban J connectivity index is 4.09. The van der Waals surface area contributed by atoms with E-state index in [9.17, 15) is 14.3 Å². The van der Waals surface area contributed by atoms with Crippen molar-refractivity contribution in [3.63, 3.8) is 0 Å². The third kappa shape index (κ3) is 40.3. The summed E-state index contributed by atoms with van der Waals surface area (Å²) in [4.78, 5) is 22.8. The molecule has 51 heavy (non-hydrogen) atoms. The number of carbonyl (C=O) groups excluding carboxylic acids is 1. The van der Waals surface area contributed by atoms with Gasteiger partial charge in [0, 0.05) is 13.0 Å². The van der Waals surface area contributed by atoms with E-state index in [1.54, 1.807) is 0 Å². The molecule has 0 fully saturated rings. The van der Waals surface area contributed by atoms with Crippen LogP contribution in [0.25, 0.3) is 0 Å². The van der Waals surface area contributed by atoms with Crippen LogP contribution in [0.5, 0.6) is 0 Å². The molecule has 9 heteroatoms. The summed E-state index contributed by atoms with van der Waals surface area (Å²) in [6.07, 6.45) is 38.2. The quantitative estimate of drug-likeness (QED) is 0.0219. The van der Waals surface area contributed by atoms with Crippen molar-refractivity contribution in [3.05, 3.63) is 12.2 Å². The Morgan fingerprint density at radius 1 is 0.588 bits per heavy atom. The first-order valence-corrected chi connectivity index (χ1v) is 22.9. The molecule has 0 aliphatic carbocycles. The maximum absolute atomic E-state index is 12.6. The lowest BCUT2D eigenvalue weighted by Crippen LogP contribution is -2.37. The van der Waals surface area contributed by atoms with Crippen LogP contribution in [0.2, 0.25) is 0 Å². The van der Waals surface area contributed by atoms with Crippen LogP contribution >= 0.6 is 7.82 Å². The number of phosphoric acid groups is 1. The highest BCUT2D eigenvalue weighted by atomic mass is 31.2. The molecular formula is C42H85NO7P+. The van der Waals surface area contributed by atoms with Gasteiger partial charge in [-0.05, 0) is 38.5 Å². The van der Waals surface area contributed by atoms with Gasteiger partial charge >= 0.3 is 13.8 Å². The molecule has 1 N–H and O–H groups in total. The van der Waals surface area contributed by atoms with Gasteiger partial charge in [0.2, 0.25) is 0 Å². The van der Waals surface area contributed by atoms with Crippen molar-refractivity contribution in [2.75, 3.05) is 54.1 Å². The average Bonchev–Trinajstić information content (AvgIpc) is 3.08. The molecule has 8 nitrogen and oxygen atoms in total. The summed E-state index contributed by atoms with van der Waals surface area (Å²) in [5, 5.41) is 0. The van der Waals surface area contributed by atoms with Crippen LogP contribution in [0, 0.1) is 0 Å². The molecule has 2 unspecified atom stereocenters. The molecule has 0 spiro atoms. The zero-order valence-corrected chi connectivity index (χ0v) is 35.3. The molecule has 0 aromatic rings. The van der Waals surface area contributed by atoms with Crippen molar-refractivity contribution in [2.24, 2.45) is 0 Å². The highest BCUT2D eigenvalue weighted by Crippen LogP contribution is 2.43. The van der Waals surface area contributed by atoms with E-state index in [2.05, 4.69) is 26.0 Å². The van der Waals surface area contributed by atoms with Gasteiger partial charge < -0.3 is 18.9 Å². The first-order chi connectivity index (χ1) is 24.6. The Bertz CT molecular complexity index is 833. The third-order valence-electron chi connectivity index (χ3n) is 9.33. The molecule has 0 aliphatic heterocycles. The Kier molecular flexibility index (Phi) is 35.7. The van der Waals surface area contributed by atoms with Crippen LogP contribution in [0.1, 0.15) is 194 Å². The topological polar surface area (TPSA) is 91.3 Å². The van der Waals surface area contributed by atoms with Gasteiger partial charge in [-0.1, -0.05) is 161 Å². The number of esters is 1. The number of phosphoric ester groups is 1. The molecule has 2 atom stereocenters. The summed E-state index contributed by atoms with van der Waals surface area (Å²) in [6.45, 7) is 5.62. The lowest BCUT2D eigenvalue weighted by molar-refractivity contribution is -0.870. The van der Waals surface area contributed by atoms with E-state index in [4.69, 9.17) is 18.5 Å². The second-order valence-corrected chi connectivity index (χ2v) is 17.2. The molecule has 0 amide bonds. The Hall–Kier alpha value is -0.760. The molecule has 0 bridgehead atoms. The summed E-state index contributed by atoms with van der Waals surface area (Å²) in [6, 6.07) is 0. The van der Waals surface area contributed by atoms with E-state index in [0.717, 1.165) is 32.1 Å². The van der Waals surface area contributed by atoms with Crippen molar-refractivity contribution in [1.82, 2.24) is 0 Å². The zero-order valence-electron chi connectivity index (χ0n) is 34.4. The summed E-state index contributed by atoms with van der Waals surface area (Å²) in [7, 11) is 1.67. The highest BCUT2D eigenvalue weighted by molar-refractivity contribution is 7.47. The van der Waals surface area contributed by atoms with Crippen LogP contribution in [0.15, 0.2) is 12.2 Å². The fraction of sp³-hybridized carbons (Fsp3) is 0.929. The van der Waals surface area contributed by atoms with E-state index in [1.165, 1.54) is 141 Å². The van der Waals surface area contributed by atoms with Gasteiger partial charge in [0.15, 0.2) is 0 Å². The number of carbonyl (C=O) groups is 1. The van der Waals surface area contributed by atoms with Crippen LogP contribution in [-0.4, -0.2) is 75.6 Å². The Morgan fingerprint density at radius 3 is 1.49 bits per heavy atom. The lowest BCUT2D eigenvalue weighted by atomic mass is 10.1.